The number of phenols is 1. The van der Waals surface area contributed by atoms with Gasteiger partial charge in [0, 0.05) is 10.2 Å². The van der Waals surface area contributed by atoms with Crippen LogP contribution in [0.25, 0.3) is 0 Å². The predicted octanol–water partition coefficient (Wildman–Crippen LogP) is 2.99. The van der Waals surface area contributed by atoms with E-state index < -0.39 is 0 Å². The first-order valence-electron chi connectivity index (χ1n) is 5.22. The molecule has 0 atom stereocenters. The number of hydrogen-bond donors (Lipinski definition) is 3. The summed E-state index contributed by atoms with van der Waals surface area (Å²) in [5, 5.41) is 12.3. The molecule has 18 heavy (non-hydrogen) atoms. The van der Waals surface area contributed by atoms with Gasteiger partial charge in [0.2, 0.25) is 0 Å². The third-order valence-electron chi connectivity index (χ3n) is 2.39. The van der Waals surface area contributed by atoms with E-state index in [0.717, 1.165) is 4.47 Å². The fourth-order valence-electron chi connectivity index (χ4n) is 1.49. The van der Waals surface area contributed by atoms with Gasteiger partial charge in [0.25, 0.3) is 5.91 Å². The number of nitrogens with two attached hydrogens (primary N) is 1. The quantitative estimate of drug-likeness (QED) is 0.747. The highest BCUT2D eigenvalue weighted by molar-refractivity contribution is 9.10. The lowest BCUT2D eigenvalue weighted by atomic mass is 10.2. The maximum Gasteiger partial charge on any atom is 0.259 e. The highest BCUT2D eigenvalue weighted by Gasteiger charge is 2.11. The molecule has 4 nitrogen and oxygen atoms in total. The van der Waals surface area contributed by atoms with Gasteiger partial charge in [-0.05, 0) is 46.3 Å². The molecule has 0 spiro atoms. The first kappa shape index (κ1) is 12.4. The van der Waals surface area contributed by atoms with Gasteiger partial charge in [-0.15, -0.1) is 0 Å². The second kappa shape index (κ2) is 5.10. The Hall–Kier alpha value is -2.01. The maximum absolute atomic E-state index is 12.0. The largest absolute Gasteiger partial charge is 0.507 e. The summed E-state index contributed by atoms with van der Waals surface area (Å²) < 4.78 is 0.723. The van der Waals surface area contributed by atoms with E-state index in [1.807, 2.05) is 0 Å². The fraction of sp³-hybridized carbons (Fsp3) is 0. The average Bonchev–Trinajstić information content (AvgIpc) is 2.34. The van der Waals surface area contributed by atoms with E-state index in [4.69, 9.17) is 5.73 Å². The van der Waals surface area contributed by atoms with Crippen LogP contribution in [0.15, 0.2) is 46.9 Å². The lowest BCUT2D eigenvalue weighted by Crippen LogP contribution is -2.12. The van der Waals surface area contributed by atoms with Crippen LogP contribution in [-0.4, -0.2) is 11.0 Å². The van der Waals surface area contributed by atoms with Crippen molar-refractivity contribution < 1.29 is 9.90 Å². The molecule has 0 aliphatic heterocycles. The molecule has 2 aromatic rings. The maximum atomic E-state index is 12.0. The second-order valence-corrected chi connectivity index (χ2v) is 4.56. The molecule has 1 amide bonds. The number of hydrogen-bond acceptors (Lipinski definition) is 3. The van der Waals surface area contributed by atoms with Crippen LogP contribution in [0.4, 0.5) is 11.4 Å². The molecule has 0 unspecified atom stereocenters. The Balaban J connectivity index is 2.27. The first-order valence-corrected chi connectivity index (χ1v) is 6.01. The molecule has 0 heterocycles. The van der Waals surface area contributed by atoms with Crippen molar-refractivity contribution in [3.8, 4) is 5.75 Å². The van der Waals surface area contributed by atoms with Crippen molar-refractivity contribution in [2.45, 2.75) is 0 Å². The number of benzene rings is 2. The first-order chi connectivity index (χ1) is 8.58. The number of aromatic hydroxyl groups is 1. The van der Waals surface area contributed by atoms with Crippen molar-refractivity contribution in [1.29, 1.82) is 0 Å². The molecule has 0 aromatic heterocycles. The van der Waals surface area contributed by atoms with Crippen LogP contribution in [0.2, 0.25) is 0 Å². The van der Waals surface area contributed by atoms with Gasteiger partial charge >= 0.3 is 0 Å². The number of carbonyl (C=O) groups is 1. The molecule has 0 aliphatic carbocycles. The summed E-state index contributed by atoms with van der Waals surface area (Å²) in [5.74, 6) is -0.450. The van der Waals surface area contributed by atoms with Crippen LogP contribution in [0, 0.1) is 0 Å². The Morgan fingerprint density at radius 1 is 1.22 bits per heavy atom. The zero-order valence-electron chi connectivity index (χ0n) is 9.35. The molecular weight excluding hydrogens is 296 g/mol. The molecule has 92 valence electrons. The number of carbonyl (C=O) groups excluding carboxylic acids is 1. The standard InChI is InChI=1S/C13H11BrN2O2/c14-10-6-5-8(15)7-11(10)16-13(18)9-3-1-2-4-12(9)17/h1-7,17H,15H2,(H,16,18). The van der Waals surface area contributed by atoms with Gasteiger partial charge in [-0.3, -0.25) is 4.79 Å². The number of nitrogen functional groups attached to an aromatic ring is 1. The van der Waals surface area contributed by atoms with E-state index in [-0.39, 0.29) is 17.2 Å². The van der Waals surface area contributed by atoms with Gasteiger partial charge in [0.1, 0.15) is 5.75 Å². The number of halogens is 1. The SMILES string of the molecule is Nc1ccc(Br)c(NC(=O)c2ccccc2O)c1. The van der Waals surface area contributed by atoms with E-state index in [2.05, 4.69) is 21.2 Å². The minimum absolute atomic E-state index is 0.0602. The molecule has 0 radical (unpaired) electrons. The van der Waals surface area contributed by atoms with Crippen LogP contribution in [0.5, 0.6) is 5.75 Å². The highest BCUT2D eigenvalue weighted by Crippen LogP contribution is 2.26. The number of phenolic OH excluding ortho intramolecular Hbond substituents is 1. The summed E-state index contributed by atoms with van der Waals surface area (Å²) in [6.45, 7) is 0. The van der Waals surface area contributed by atoms with Crippen LogP contribution < -0.4 is 11.1 Å². The summed E-state index contributed by atoms with van der Waals surface area (Å²) in [6.07, 6.45) is 0. The van der Waals surface area contributed by atoms with Gasteiger partial charge in [0.15, 0.2) is 0 Å². The highest BCUT2D eigenvalue weighted by atomic mass is 79.9. The van der Waals surface area contributed by atoms with Crippen molar-refractivity contribution >= 4 is 33.2 Å². The Labute approximate surface area is 113 Å². The Morgan fingerprint density at radius 2 is 1.94 bits per heavy atom. The monoisotopic (exact) mass is 306 g/mol. The van der Waals surface area contributed by atoms with Crippen LogP contribution in [-0.2, 0) is 0 Å². The minimum atomic E-state index is -0.389. The molecule has 0 saturated carbocycles. The molecule has 0 fully saturated rings. The van der Waals surface area contributed by atoms with E-state index in [9.17, 15) is 9.90 Å². The van der Waals surface area contributed by atoms with E-state index >= 15 is 0 Å². The number of nitrogens with one attached hydrogen (secondary N) is 1. The van der Waals surface area contributed by atoms with Crippen molar-refractivity contribution in [3.05, 3.63) is 52.5 Å². The van der Waals surface area contributed by atoms with Gasteiger partial charge in [-0.25, -0.2) is 0 Å². The summed E-state index contributed by atoms with van der Waals surface area (Å²) in [7, 11) is 0. The van der Waals surface area contributed by atoms with Gasteiger partial charge < -0.3 is 16.2 Å². The molecule has 5 heteroatoms. The Bertz CT molecular complexity index is 599. The zero-order chi connectivity index (χ0) is 13.1. The molecular formula is C13H11BrN2O2. The van der Waals surface area contributed by atoms with Crippen LogP contribution in [0.1, 0.15) is 10.4 Å². The number of amides is 1. The third-order valence-corrected chi connectivity index (χ3v) is 3.08. The normalized spacial score (nSPS) is 10.1. The van der Waals surface area contributed by atoms with E-state index in [1.165, 1.54) is 6.07 Å². The second-order valence-electron chi connectivity index (χ2n) is 3.71. The van der Waals surface area contributed by atoms with Gasteiger partial charge in [0.05, 0.1) is 11.3 Å². The molecule has 2 rings (SSSR count). The molecule has 0 saturated heterocycles. The molecule has 4 N–H and O–H groups in total. The molecule has 2 aromatic carbocycles. The van der Waals surface area contributed by atoms with Crippen LogP contribution >= 0.6 is 15.9 Å². The Morgan fingerprint density at radius 3 is 2.67 bits per heavy atom. The summed E-state index contributed by atoms with van der Waals surface area (Å²) in [4.78, 5) is 12.0. The molecule has 0 bridgehead atoms. The van der Waals surface area contributed by atoms with Crippen molar-refractivity contribution in [3.63, 3.8) is 0 Å². The van der Waals surface area contributed by atoms with Crippen molar-refractivity contribution in [2.75, 3.05) is 11.1 Å². The summed E-state index contributed by atoms with van der Waals surface area (Å²) in [5.41, 5.74) is 6.97. The topological polar surface area (TPSA) is 75.3 Å². The lowest BCUT2D eigenvalue weighted by molar-refractivity contribution is 0.102. The van der Waals surface area contributed by atoms with Gasteiger partial charge in [-0.2, -0.15) is 0 Å². The summed E-state index contributed by atoms with van der Waals surface area (Å²) >= 11 is 3.32. The fourth-order valence-corrected chi connectivity index (χ4v) is 1.84. The predicted molar refractivity (Wildman–Crippen MR) is 74.6 cm³/mol. The van der Waals surface area contributed by atoms with E-state index in [1.54, 1.807) is 36.4 Å². The minimum Gasteiger partial charge on any atom is -0.507 e. The number of para-hydroxylation sites is 1. The number of rotatable bonds is 2. The molecule has 0 aliphatic rings. The third kappa shape index (κ3) is 2.62. The lowest BCUT2D eigenvalue weighted by Gasteiger charge is -2.09. The average molecular weight is 307 g/mol. The summed E-state index contributed by atoms with van der Waals surface area (Å²) in [6, 6.07) is 11.5. The number of anilines is 2. The van der Waals surface area contributed by atoms with Crippen molar-refractivity contribution in [2.24, 2.45) is 0 Å². The van der Waals surface area contributed by atoms with Gasteiger partial charge in [-0.1, -0.05) is 12.1 Å². The van der Waals surface area contributed by atoms with Crippen LogP contribution in [0.3, 0.4) is 0 Å². The van der Waals surface area contributed by atoms with E-state index in [0.29, 0.717) is 11.4 Å². The zero-order valence-corrected chi connectivity index (χ0v) is 10.9. The Kier molecular flexibility index (Phi) is 3.53. The van der Waals surface area contributed by atoms with Crippen molar-refractivity contribution in [1.82, 2.24) is 0 Å². The smallest absolute Gasteiger partial charge is 0.259 e.